The summed E-state index contributed by atoms with van der Waals surface area (Å²) in [6, 6.07) is 14.3. The molecule has 1 amide bonds. The van der Waals surface area contributed by atoms with Gasteiger partial charge in [-0.15, -0.1) is 0 Å². The summed E-state index contributed by atoms with van der Waals surface area (Å²) in [6.07, 6.45) is 9.65. The number of unbranched alkanes of at least 4 members (excludes halogenated alkanes) is 3. The zero-order valence-corrected chi connectivity index (χ0v) is 21.6. The maximum absolute atomic E-state index is 13.8. The molecule has 0 aliphatic heterocycles. The highest BCUT2D eigenvalue weighted by molar-refractivity contribution is 6.30. The molecule has 1 atom stereocenters. The van der Waals surface area contributed by atoms with Crippen LogP contribution in [0.5, 0.6) is 0 Å². The number of rotatable bonds is 9. The minimum Gasteiger partial charge on any atom is -0.333 e. The average molecular weight is 494 g/mol. The van der Waals surface area contributed by atoms with E-state index in [0.29, 0.717) is 34.0 Å². The minimum atomic E-state index is -0.345. The summed E-state index contributed by atoms with van der Waals surface area (Å²) < 4.78 is 1.64. The Balaban J connectivity index is 1.80. The van der Waals surface area contributed by atoms with E-state index in [4.69, 9.17) is 16.6 Å². The molecule has 0 N–H and O–H groups in total. The zero-order chi connectivity index (χ0) is 24.8. The van der Waals surface area contributed by atoms with Crippen LogP contribution >= 0.6 is 11.6 Å². The lowest BCUT2D eigenvalue weighted by atomic mass is 9.88. The van der Waals surface area contributed by atoms with Gasteiger partial charge in [-0.05, 0) is 56.5 Å². The van der Waals surface area contributed by atoms with Gasteiger partial charge >= 0.3 is 0 Å². The van der Waals surface area contributed by atoms with Gasteiger partial charge in [0.15, 0.2) is 0 Å². The summed E-state index contributed by atoms with van der Waals surface area (Å²) in [4.78, 5) is 34.5. The van der Waals surface area contributed by atoms with Crippen molar-refractivity contribution in [2.75, 3.05) is 6.54 Å². The fourth-order valence-electron chi connectivity index (χ4n) is 5.22. The van der Waals surface area contributed by atoms with Crippen LogP contribution in [0.25, 0.3) is 16.6 Å². The molecule has 6 heteroatoms. The molecule has 186 valence electrons. The molecular formula is C29H36ClN3O2. The molecular weight excluding hydrogens is 458 g/mol. The Hall–Kier alpha value is -2.66. The Labute approximate surface area is 213 Å². The lowest BCUT2D eigenvalue weighted by Gasteiger charge is -2.34. The van der Waals surface area contributed by atoms with Crippen molar-refractivity contribution in [3.05, 3.63) is 69.7 Å². The monoisotopic (exact) mass is 493 g/mol. The van der Waals surface area contributed by atoms with E-state index < -0.39 is 0 Å². The van der Waals surface area contributed by atoms with Gasteiger partial charge in [-0.2, -0.15) is 0 Å². The summed E-state index contributed by atoms with van der Waals surface area (Å²) >= 11 is 6.31. The summed E-state index contributed by atoms with van der Waals surface area (Å²) in [5.41, 5.74) is 1.17. The number of hydrogen-bond donors (Lipinski definition) is 0. The fraction of sp³-hybridized carbons (Fsp3) is 0.483. The van der Waals surface area contributed by atoms with Gasteiger partial charge < -0.3 is 4.90 Å². The topological polar surface area (TPSA) is 55.2 Å². The van der Waals surface area contributed by atoms with Crippen molar-refractivity contribution in [1.82, 2.24) is 14.5 Å². The van der Waals surface area contributed by atoms with Crippen LogP contribution in [0.4, 0.5) is 0 Å². The first-order valence-electron chi connectivity index (χ1n) is 13.1. The van der Waals surface area contributed by atoms with Crippen molar-refractivity contribution >= 4 is 28.4 Å². The fourth-order valence-corrected chi connectivity index (χ4v) is 5.41. The molecule has 0 bridgehead atoms. The molecule has 2 aromatic carbocycles. The molecule has 1 fully saturated rings. The first-order chi connectivity index (χ1) is 17.0. The van der Waals surface area contributed by atoms with E-state index in [-0.39, 0.29) is 23.4 Å². The molecule has 4 rings (SSSR count). The third kappa shape index (κ3) is 5.78. The van der Waals surface area contributed by atoms with E-state index in [1.54, 1.807) is 22.8 Å². The van der Waals surface area contributed by atoms with Crippen molar-refractivity contribution in [3.8, 4) is 5.69 Å². The molecule has 0 radical (unpaired) electrons. The minimum absolute atomic E-state index is 0.0594. The Morgan fingerprint density at radius 2 is 1.86 bits per heavy atom. The molecule has 1 aliphatic carbocycles. The lowest BCUT2D eigenvalue weighted by Crippen LogP contribution is -2.41. The summed E-state index contributed by atoms with van der Waals surface area (Å²) in [5.74, 6) is 0.841. The number of para-hydroxylation sites is 1. The first kappa shape index (κ1) is 25.4. The largest absolute Gasteiger partial charge is 0.333 e. The molecule has 1 unspecified atom stereocenters. The van der Waals surface area contributed by atoms with Gasteiger partial charge in [-0.1, -0.05) is 75.2 Å². The van der Waals surface area contributed by atoms with Gasteiger partial charge in [0.25, 0.3) is 5.56 Å². The predicted octanol–water partition coefficient (Wildman–Crippen LogP) is 7.09. The summed E-state index contributed by atoms with van der Waals surface area (Å²) in [5, 5.41) is 1.10. The number of carbonyl (C=O) groups excluding carboxylic acids is 1. The molecule has 1 aromatic heterocycles. The Bertz CT molecular complexity index is 1220. The van der Waals surface area contributed by atoms with E-state index in [9.17, 15) is 9.59 Å². The first-order valence-corrected chi connectivity index (χ1v) is 13.5. The third-order valence-corrected chi connectivity index (χ3v) is 7.43. The normalized spacial score (nSPS) is 15.3. The predicted molar refractivity (Wildman–Crippen MR) is 143 cm³/mol. The molecule has 3 aromatic rings. The Morgan fingerprint density at radius 1 is 1.09 bits per heavy atom. The second-order valence-corrected chi connectivity index (χ2v) is 10.1. The number of amides is 1. The molecule has 1 saturated carbocycles. The highest BCUT2D eigenvalue weighted by Crippen LogP contribution is 2.30. The maximum atomic E-state index is 13.8. The van der Waals surface area contributed by atoms with E-state index in [0.717, 1.165) is 51.4 Å². The zero-order valence-electron chi connectivity index (χ0n) is 20.9. The maximum Gasteiger partial charge on any atom is 0.266 e. The van der Waals surface area contributed by atoms with Crippen molar-refractivity contribution in [2.24, 2.45) is 5.92 Å². The van der Waals surface area contributed by atoms with Gasteiger partial charge in [0, 0.05) is 17.5 Å². The highest BCUT2D eigenvalue weighted by Gasteiger charge is 2.31. The van der Waals surface area contributed by atoms with Crippen molar-refractivity contribution in [3.63, 3.8) is 0 Å². The molecule has 1 aliphatic rings. The second-order valence-electron chi connectivity index (χ2n) is 9.71. The van der Waals surface area contributed by atoms with Crippen LogP contribution in [-0.4, -0.2) is 26.9 Å². The van der Waals surface area contributed by atoms with Gasteiger partial charge in [0.1, 0.15) is 5.82 Å². The number of aromatic nitrogens is 2. The van der Waals surface area contributed by atoms with Crippen molar-refractivity contribution in [2.45, 2.75) is 77.7 Å². The number of benzene rings is 2. The van der Waals surface area contributed by atoms with E-state index in [2.05, 4.69) is 6.92 Å². The smallest absolute Gasteiger partial charge is 0.266 e. The number of carbonyl (C=O) groups is 1. The lowest BCUT2D eigenvalue weighted by molar-refractivity contribution is -0.139. The van der Waals surface area contributed by atoms with Crippen LogP contribution in [0, 0.1) is 5.92 Å². The standard InChI is InChI=1S/C29H36ClN3O2/c1-3-4-5-11-19-32(28(34)22-13-7-6-8-14-22)21(2)27-31-26-18-10-9-17-25(26)29(35)33(27)24-16-12-15-23(30)20-24/h9-10,12,15-18,20-22H,3-8,11,13-14,19H2,1-2H3. The van der Waals surface area contributed by atoms with Crippen molar-refractivity contribution in [1.29, 1.82) is 0 Å². The number of halogens is 1. The van der Waals surface area contributed by atoms with Crippen LogP contribution in [0.15, 0.2) is 53.3 Å². The third-order valence-electron chi connectivity index (χ3n) is 7.20. The van der Waals surface area contributed by atoms with Gasteiger partial charge in [0.2, 0.25) is 5.91 Å². The Kier molecular flexibility index (Phi) is 8.61. The molecule has 1 heterocycles. The molecule has 0 saturated heterocycles. The Morgan fingerprint density at radius 3 is 2.60 bits per heavy atom. The number of nitrogens with zero attached hydrogens (tertiary/aromatic N) is 3. The van der Waals surface area contributed by atoms with Crippen LogP contribution in [0.1, 0.15) is 83.5 Å². The quantitative estimate of drug-likeness (QED) is 0.299. The van der Waals surface area contributed by atoms with E-state index in [1.807, 2.05) is 42.2 Å². The van der Waals surface area contributed by atoms with Gasteiger partial charge in [0.05, 0.1) is 22.6 Å². The summed E-state index contributed by atoms with van der Waals surface area (Å²) in [7, 11) is 0. The number of hydrogen-bond acceptors (Lipinski definition) is 3. The van der Waals surface area contributed by atoms with E-state index in [1.165, 1.54) is 6.42 Å². The van der Waals surface area contributed by atoms with Gasteiger partial charge in [-0.3, -0.25) is 14.2 Å². The highest BCUT2D eigenvalue weighted by atomic mass is 35.5. The molecule has 5 nitrogen and oxygen atoms in total. The average Bonchev–Trinajstić information content (AvgIpc) is 2.88. The molecule has 0 spiro atoms. The van der Waals surface area contributed by atoms with E-state index >= 15 is 0 Å². The van der Waals surface area contributed by atoms with Crippen molar-refractivity contribution < 1.29 is 4.79 Å². The van der Waals surface area contributed by atoms with Crippen LogP contribution < -0.4 is 5.56 Å². The number of fused-ring (bicyclic) bond motifs is 1. The second kappa shape index (κ2) is 11.9. The van der Waals surface area contributed by atoms with Crippen LogP contribution in [-0.2, 0) is 4.79 Å². The van der Waals surface area contributed by atoms with Crippen LogP contribution in [0.2, 0.25) is 5.02 Å². The van der Waals surface area contributed by atoms with Crippen LogP contribution in [0.3, 0.4) is 0 Å². The SMILES string of the molecule is CCCCCCN(C(=O)C1CCCCC1)C(C)c1nc2ccccc2c(=O)n1-c1cccc(Cl)c1. The summed E-state index contributed by atoms with van der Waals surface area (Å²) in [6.45, 7) is 4.88. The molecule has 35 heavy (non-hydrogen) atoms. The van der Waals surface area contributed by atoms with Gasteiger partial charge in [-0.25, -0.2) is 4.98 Å².